The van der Waals surface area contributed by atoms with Gasteiger partial charge in [-0.05, 0) is 46.6 Å². The molecule has 1 aromatic heterocycles. The third kappa shape index (κ3) is 3.80. The van der Waals surface area contributed by atoms with Crippen molar-refractivity contribution in [1.29, 1.82) is 0 Å². The molecular formula is C15H28N4. The summed E-state index contributed by atoms with van der Waals surface area (Å²) in [6, 6.07) is 1.25. The average molecular weight is 264 g/mol. The summed E-state index contributed by atoms with van der Waals surface area (Å²) in [7, 11) is 2.02. The molecule has 1 saturated heterocycles. The summed E-state index contributed by atoms with van der Waals surface area (Å²) in [6.07, 6.45) is 5.27. The van der Waals surface area contributed by atoms with Crippen molar-refractivity contribution in [3.05, 3.63) is 17.0 Å². The molecular weight excluding hydrogens is 236 g/mol. The summed E-state index contributed by atoms with van der Waals surface area (Å²) >= 11 is 0. The summed E-state index contributed by atoms with van der Waals surface area (Å²) in [4.78, 5) is 0. The number of aromatic nitrogens is 2. The van der Waals surface area contributed by atoms with Crippen LogP contribution < -0.4 is 10.6 Å². The minimum atomic E-state index is 0.551. The molecule has 0 aromatic carbocycles. The molecule has 0 spiro atoms. The van der Waals surface area contributed by atoms with Crippen LogP contribution in [0.2, 0.25) is 0 Å². The van der Waals surface area contributed by atoms with Gasteiger partial charge >= 0.3 is 0 Å². The van der Waals surface area contributed by atoms with Gasteiger partial charge in [0.2, 0.25) is 0 Å². The Balaban J connectivity index is 1.80. The van der Waals surface area contributed by atoms with E-state index >= 15 is 0 Å². The summed E-state index contributed by atoms with van der Waals surface area (Å²) in [5.41, 5.74) is 3.77. The molecule has 0 radical (unpaired) electrons. The van der Waals surface area contributed by atoms with Crippen molar-refractivity contribution < 1.29 is 0 Å². The first kappa shape index (κ1) is 14.5. The molecule has 19 heavy (non-hydrogen) atoms. The first-order valence-electron chi connectivity index (χ1n) is 7.53. The van der Waals surface area contributed by atoms with Crippen LogP contribution in [0.1, 0.15) is 49.6 Å². The van der Waals surface area contributed by atoms with E-state index in [1.807, 2.05) is 11.7 Å². The number of aryl methyl sites for hydroxylation is 2. The summed E-state index contributed by atoms with van der Waals surface area (Å²) in [5.74, 6) is 0. The van der Waals surface area contributed by atoms with E-state index in [9.17, 15) is 0 Å². The van der Waals surface area contributed by atoms with Crippen molar-refractivity contribution in [3.63, 3.8) is 0 Å². The van der Waals surface area contributed by atoms with E-state index in [-0.39, 0.29) is 0 Å². The molecule has 2 heterocycles. The number of hydrogen-bond donors (Lipinski definition) is 2. The van der Waals surface area contributed by atoms with E-state index in [1.165, 1.54) is 43.5 Å². The van der Waals surface area contributed by atoms with Crippen LogP contribution in [0.3, 0.4) is 0 Å². The summed E-state index contributed by atoms with van der Waals surface area (Å²) in [6.45, 7) is 8.65. The highest BCUT2D eigenvalue weighted by Crippen LogP contribution is 2.14. The van der Waals surface area contributed by atoms with Crippen LogP contribution in [-0.4, -0.2) is 28.4 Å². The second-order valence-corrected chi connectivity index (χ2v) is 5.94. The normalized spacial score (nSPS) is 21.6. The number of rotatable bonds is 5. The largest absolute Gasteiger partial charge is 0.314 e. The molecule has 1 aliphatic rings. The van der Waals surface area contributed by atoms with Crippen molar-refractivity contribution in [2.45, 2.75) is 65.1 Å². The topological polar surface area (TPSA) is 41.9 Å². The minimum Gasteiger partial charge on any atom is -0.314 e. The first-order valence-corrected chi connectivity index (χ1v) is 7.53. The van der Waals surface area contributed by atoms with Gasteiger partial charge in [0.15, 0.2) is 0 Å². The van der Waals surface area contributed by atoms with Gasteiger partial charge in [0, 0.05) is 36.9 Å². The lowest BCUT2D eigenvalue weighted by molar-refractivity contribution is 0.344. The molecule has 4 heteroatoms. The monoisotopic (exact) mass is 264 g/mol. The van der Waals surface area contributed by atoms with E-state index in [1.54, 1.807) is 0 Å². The Morgan fingerprint density at radius 2 is 2.21 bits per heavy atom. The van der Waals surface area contributed by atoms with E-state index in [2.05, 4.69) is 36.5 Å². The zero-order valence-electron chi connectivity index (χ0n) is 12.8. The van der Waals surface area contributed by atoms with Gasteiger partial charge in [-0.3, -0.25) is 4.68 Å². The van der Waals surface area contributed by atoms with E-state index in [4.69, 9.17) is 0 Å². The maximum Gasteiger partial charge on any atom is 0.0641 e. The highest BCUT2D eigenvalue weighted by Gasteiger charge is 2.16. The maximum absolute atomic E-state index is 4.47. The van der Waals surface area contributed by atoms with Crippen molar-refractivity contribution in [2.24, 2.45) is 7.05 Å². The van der Waals surface area contributed by atoms with Crippen molar-refractivity contribution >= 4 is 0 Å². The molecule has 4 nitrogen and oxygen atoms in total. The molecule has 2 atom stereocenters. The zero-order chi connectivity index (χ0) is 13.8. The Kier molecular flexibility index (Phi) is 4.99. The van der Waals surface area contributed by atoms with E-state index in [0.717, 1.165) is 12.2 Å². The van der Waals surface area contributed by atoms with Crippen LogP contribution >= 0.6 is 0 Å². The Labute approximate surface area is 117 Å². The molecule has 2 N–H and O–H groups in total. The molecule has 1 fully saturated rings. The Morgan fingerprint density at radius 1 is 1.42 bits per heavy atom. The Bertz CT molecular complexity index is 405. The Hall–Kier alpha value is -0.870. The third-order valence-electron chi connectivity index (χ3n) is 4.34. The molecule has 0 saturated carbocycles. The zero-order valence-corrected chi connectivity index (χ0v) is 12.8. The fourth-order valence-corrected chi connectivity index (χ4v) is 2.98. The molecule has 1 aliphatic heterocycles. The predicted octanol–water partition coefficient (Wildman–Crippen LogP) is 2.05. The van der Waals surface area contributed by atoms with Crippen LogP contribution in [0.25, 0.3) is 0 Å². The lowest BCUT2D eigenvalue weighted by Crippen LogP contribution is -2.39. The summed E-state index contributed by atoms with van der Waals surface area (Å²) in [5, 5.41) is 11.7. The third-order valence-corrected chi connectivity index (χ3v) is 4.34. The second kappa shape index (κ2) is 6.53. The van der Waals surface area contributed by atoms with Gasteiger partial charge in [0.25, 0.3) is 0 Å². The van der Waals surface area contributed by atoms with E-state index < -0.39 is 0 Å². The van der Waals surface area contributed by atoms with Crippen molar-refractivity contribution in [3.8, 4) is 0 Å². The van der Waals surface area contributed by atoms with Crippen LogP contribution in [0, 0.1) is 13.8 Å². The minimum absolute atomic E-state index is 0.551. The van der Waals surface area contributed by atoms with Gasteiger partial charge in [0.05, 0.1) is 5.69 Å². The van der Waals surface area contributed by atoms with Gasteiger partial charge in [-0.2, -0.15) is 5.10 Å². The van der Waals surface area contributed by atoms with E-state index in [0.29, 0.717) is 12.1 Å². The quantitative estimate of drug-likeness (QED) is 0.855. The van der Waals surface area contributed by atoms with Crippen molar-refractivity contribution in [1.82, 2.24) is 20.4 Å². The Morgan fingerprint density at radius 3 is 2.79 bits per heavy atom. The lowest BCUT2D eigenvalue weighted by atomic mass is 9.98. The van der Waals surface area contributed by atoms with Gasteiger partial charge in [-0.25, -0.2) is 0 Å². The molecule has 2 rings (SSSR count). The molecule has 0 aliphatic carbocycles. The number of piperidine rings is 1. The fraction of sp³-hybridized carbons (Fsp3) is 0.800. The molecule has 0 bridgehead atoms. The van der Waals surface area contributed by atoms with Gasteiger partial charge < -0.3 is 10.6 Å². The van der Waals surface area contributed by atoms with Gasteiger partial charge in [-0.15, -0.1) is 0 Å². The van der Waals surface area contributed by atoms with Crippen LogP contribution in [0.15, 0.2) is 0 Å². The number of nitrogens with zero attached hydrogens (tertiary/aromatic N) is 2. The van der Waals surface area contributed by atoms with Crippen molar-refractivity contribution in [2.75, 3.05) is 6.54 Å². The number of hydrogen-bond acceptors (Lipinski definition) is 3. The molecule has 108 valence electrons. The number of nitrogens with one attached hydrogen (secondary N) is 2. The average Bonchev–Trinajstić information content (AvgIpc) is 2.62. The second-order valence-electron chi connectivity index (χ2n) is 5.94. The SMILES string of the molecule is Cc1nn(C)c(C)c1CNC(C)CC1CCCCN1. The highest BCUT2D eigenvalue weighted by atomic mass is 15.3. The van der Waals surface area contributed by atoms with Gasteiger partial charge in [0.1, 0.15) is 0 Å². The lowest BCUT2D eigenvalue weighted by Gasteiger charge is -2.26. The summed E-state index contributed by atoms with van der Waals surface area (Å²) < 4.78 is 1.97. The van der Waals surface area contributed by atoms with Crippen LogP contribution in [-0.2, 0) is 13.6 Å². The van der Waals surface area contributed by atoms with Crippen LogP contribution in [0.4, 0.5) is 0 Å². The van der Waals surface area contributed by atoms with Gasteiger partial charge in [-0.1, -0.05) is 6.42 Å². The predicted molar refractivity (Wildman–Crippen MR) is 79.2 cm³/mol. The smallest absolute Gasteiger partial charge is 0.0641 e. The molecule has 2 unspecified atom stereocenters. The molecule has 0 amide bonds. The fourth-order valence-electron chi connectivity index (χ4n) is 2.98. The molecule has 1 aromatic rings. The standard InChI is InChI=1S/C15H28N4/c1-11(9-14-7-5-6-8-16-14)17-10-15-12(2)18-19(4)13(15)3/h11,14,16-17H,5-10H2,1-4H3. The first-order chi connectivity index (χ1) is 9.08. The maximum atomic E-state index is 4.47. The van der Waals surface area contributed by atoms with Crippen LogP contribution in [0.5, 0.6) is 0 Å². The highest BCUT2D eigenvalue weighted by molar-refractivity contribution is 5.24.